The first kappa shape index (κ1) is 20.3. The summed E-state index contributed by atoms with van der Waals surface area (Å²) in [5, 5.41) is 3.13. The predicted octanol–water partition coefficient (Wildman–Crippen LogP) is 3.26. The Hall–Kier alpha value is -2.98. The van der Waals surface area contributed by atoms with Gasteiger partial charge >= 0.3 is 0 Å². The number of methoxy groups -OCH3 is 1. The summed E-state index contributed by atoms with van der Waals surface area (Å²) in [4.78, 5) is 29.7. The third-order valence-electron chi connectivity index (χ3n) is 4.74. The molecule has 1 N–H and O–H groups in total. The number of sulfonamides is 1. The first-order chi connectivity index (χ1) is 14.1. The maximum Gasteiger partial charge on any atom is 0.257 e. The van der Waals surface area contributed by atoms with E-state index in [1.165, 1.54) is 23.5 Å². The van der Waals surface area contributed by atoms with Gasteiger partial charge in [-0.2, -0.15) is 0 Å². The summed E-state index contributed by atoms with van der Waals surface area (Å²) in [6.45, 7) is 3.18. The molecule has 0 aliphatic carbocycles. The number of amides is 2. The van der Waals surface area contributed by atoms with Crippen LogP contribution in [0.4, 0.5) is 10.8 Å². The lowest BCUT2D eigenvalue weighted by Gasteiger charge is -2.18. The van der Waals surface area contributed by atoms with E-state index >= 15 is 0 Å². The molecule has 0 radical (unpaired) electrons. The van der Waals surface area contributed by atoms with Crippen molar-refractivity contribution in [2.75, 3.05) is 22.5 Å². The van der Waals surface area contributed by atoms with Crippen LogP contribution in [0, 0.1) is 5.41 Å². The van der Waals surface area contributed by atoms with Crippen molar-refractivity contribution in [3.8, 4) is 5.75 Å². The zero-order valence-electron chi connectivity index (χ0n) is 16.5. The Kier molecular flexibility index (Phi) is 4.78. The summed E-state index contributed by atoms with van der Waals surface area (Å²) < 4.78 is 31.8. The molecule has 1 aliphatic rings. The van der Waals surface area contributed by atoms with E-state index in [0.29, 0.717) is 10.9 Å². The van der Waals surface area contributed by atoms with Gasteiger partial charge in [-0.05, 0) is 50.2 Å². The van der Waals surface area contributed by atoms with Crippen molar-refractivity contribution in [2.24, 2.45) is 5.41 Å². The van der Waals surface area contributed by atoms with Gasteiger partial charge in [-0.15, -0.1) is 0 Å². The SMILES string of the molecule is COc1ccc2nc(NC(=O)c3cccc(N4C(=O)C(C)(C)CS4(=O)=O)c3)sc2c1. The molecule has 2 amide bonds. The van der Waals surface area contributed by atoms with Gasteiger partial charge in [0.05, 0.1) is 34.2 Å². The van der Waals surface area contributed by atoms with Crippen molar-refractivity contribution < 1.29 is 22.7 Å². The highest BCUT2D eigenvalue weighted by molar-refractivity contribution is 7.94. The number of hydrogen-bond acceptors (Lipinski definition) is 7. The molecule has 2 heterocycles. The minimum absolute atomic E-state index is 0.146. The third kappa shape index (κ3) is 3.52. The van der Waals surface area contributed by atoms with Crippen molar-refractivity contribution in [2.45, 2.75) is 13.8 Å². The molecule has 0 saturated carbocycles. The maximum atomic E-state index is 12.7. The van der Waals surface area contributed by atoms with E-state index in [4.69, 9.17) is 4.74 Å². The first-order valence-electron chi connectivity index (χ1n) is 9.04. The number of hydrogen-bond donors (Lipinski definition) is 1. The zero-order valence-corrected chi connectivity index (χ0v) is 18.1. The highest BCUT2D eigenvalue weighted by atomic mass is 32.2. The van der Waals surface area contributed by atoms with E-state index < -0.39 is 27.3 Å². The number of ether oxygens (including phenoxy) is 1. The van der Waals surface area contributed by atoms with E-state index in [2.05, 4.69) is 10.3 Å². The van der Waals surface area contributed by atoms with Crippen LogP contribution < -0.4 is 14.4 Å². The number of carbonyl (C=O) groups is 2. The number of fused-ring (bicyclic) bond motifs is 1. The topological polar surface area (TPSA) is 106 Å². The van der Waals surface area contributed by atoms with E-state index in [9.17, 15) is 18.0 Å². The summed E-state index contributed by atoms with van der Waals surface area (Å²) in [6.07, 6.45) is 0. The van der Waals surface area contributed by atoms with Crippen LogP contribution >= 0.6 is 11.3 Å². The van der Waals surface area contributed by atoms with Gasteiger partial charge in [-0.25, -0.2) is 17.7 Å². The number of nitrogens with one attached hydrogen (secondary N) is 1. The average molecular weight is 446 g/mol. The third-order valence-corrected chi connectivity index (χ3v) is 7.70. The van der Waals surface area contributed by atoms with Crippen molar-refractivity contribution >= 4 is 54.2 Å². The number of carbonyl (C=O) groups excluding carboxylic acids is 2. The van der Waals surface area contributed by atoms with Gasteiger partial charge in [0.15, 0.2) is 5.13 Å². The Bertz CT molecular complexity index is 1280. The van der Waals surface area contributed by atoms with Crippen LogP contribution in [-0.4, -0.2) is 38.1 Å². The predicted molar refractivity (Wildman–Crippen MR) is 116 cm³/mol. The van der Waals surface area contributed by atoms with Gasteiger partial charge in [-0.3, -0.25) is 14.9 Å². The van der Waals surface area contributed by atoms with Crippen LogP contribution in [0.2, 0.25) is 0 Å². The van der Waals surface area contributed by atoms with Crippen molar-refractivity contribution in [1.29, 1.82) is 0 Å². The molecule has 0 unspecified atom stereocenters. The molecule has 3 aromatic rings. The monoisotopic (exact) mass is 445 g/mol. The van der Waals surface area contributed by atoms with Gasteiger partial charge in [0.2, 0.25) is 15.9 Å². The fourth-order valence-electron chi connectivity index (χ4n) is 3.29. The summed E-state index contributed by atoms with van der Waals surface area (Å²) in [7, 11) is -2.22. The lowest BCUT2D eigenvalue weighted by molar-refractivity contribution is -0.123. The number of rotatable bonds is 4. The quantitative estimate of drug-likeness (QED) is 0.661. The highest BCUT2D eigenvalue weighted by Crippen LogP contribution is 2.36. The molecule has 1 fully saturated rings. The number of anilines is 2. The van der Waals surface area contributed by atoms with Gasteiger partial charge in [0, 0.05) is 5.56 Å². The number of benzene rings is 2. The smallest absolute Gasteiger partial charge is 0.257 e. The fourth-order valence-corrected chi connectivity index (χ4v) is 6.28. The number of nitrogens with zero attached hydrogens (tertiary/aromatic N) is 2. The number of thiazole rings is 1. The summed E-state index contributed by atoms with van der Waals surface area (Å²) in [5.41, 5.74) is 0.0734. The molecule has 0 bridgehead atoms. The molecule has 30 heavy (non-hydrogen) atoms. The average Bonchev–Trinajstić information content (AvgIpc) is 3.15. The molecule has 0 atom stereocenters. The lowest BCUT2D eigenvalue weighted by Crippen LogP contribution is -2.33. The van der Waals surface area contributed by atoms with Crippen LogP contribution in [0.15, 0.2) is 42.5 Å². The lowest BCUT2D eigenvalue weighted by atomic mass is 9.95. The normalized spacial score (nSPS) is 17.3. The van der Waals surface area contributed by atoms with Gasteiger partial charge < -0.3 is 4.74 Å². The van der Waals surface area contributed by atoms with Gasteiger partial charge in [-0.1, -0.05) is 17.4 Å². The van der Waals surface area contributed by atoms with Crippen molar-refractivity contribution in [3.05, 3.63) is 48.0 Å². The summed E-state index contributed by atoms with van der Waals surface area (Å²) >= 11 is 1.30. The van der Waals surface area contributed by atoms with Crippen LogP contribution in [0.1, 0.15) is 24.2 Å². The largest absolute Gasteiger partial charge is 0.497 e. The summed E-state index contributed by atoms with van der Waals surface area (Å²) in [6, 6.07) is 11.4. The molecule has 1 saturated heterocycles. The van der Waals surface area contributed by atoms with Crippen LogP contribution in [0.25, 0.3) is 10.2 Å². The molecule has 156 valence electrons. The van der Waals surface area contributed by atoms with Gasteiger partial charge in [0.1, 0.15) is 5.75 Å². The molecule has 1 aliphatic heterocycles. The van der Waals surface area contributed by atoms with Crippen molar-refractivity contribution in [1.82, 2.24) is 4.98 Å². The second kappa shape index (κ2) is 7.06. The first-order valence-corrected chi connectivity index (χ1v) is 11.5. The standard InChI is InChI=1S/C20H19N3O5S2/c1-20(2)11-30(26,27)23(18(20)25)13-6-4-5-12(9-13)17(24)22-19-21-15-8-7-14(28-3)10-16(15)29-19/h4-10H,11H2,1-3H3,(H,21,22,24). The molecule has 2 aromatic carbocycles. The number of aromatic nitrogens is 1. The minimum Gasteiger partial charge on any atom is -0.497 e. The highest BCUT2D eigenvalue weighted by Gasteiger charge is 2.49. The molecule has 1 aromatic heterocycles. The second-order valence-corrected chi connectivity index (χ2v) is 10.4. The van der Waals surface area contributed by atoms with Gasteiger partial charge in [0.25, 0.3) is 5.91 Å². The Balaban J connectivity index is 1.61. The second-order valence-electron chi connectivity index (χ2n) is 7.57. The van der Waals surface area contributed by atoms with E-state index in [1.807, 2.05) is 6.07 Å². The van der Waals surface area contributed by atoms with Crippen LogP contribution in [-0.2, 0) is 14.8 Å². The van der Waals surface area contributed by atoms with Crippen LogP contribution in [0.5, 0.6) is 5.75 Å². The molecule has 10 heteroatoms. The molecule has 0 spiro atoms. The Morgan fingerprint density at radius 3 is 2.67 bits per heavy atom. The zero-order chi connectivity index (χ0) is 21.7. The Morgan fingerprint density at radius 1 is 1.23 bits per heavy atom. The molecule has 4 rings (SSSR count). The minimum atomic E-state index is -3.79. The summed E-state index contributed by atoms with van der Waals surface area (Å²) in [5.74, 6) is -0.549. The van der Waals surface area contributed by atoms with E-state index in [0.717, 1.165) is 14.5 Å². The van der Waals surface area contributed by atoms with E-state index in [1.54, 1.807) is 45.2 Å². The van der Waals surface area contributed by atoms with Crippen LogP contribution in [0.3, 0.4) is 0 Å². The Labute approximate surface area is 177 Å². The Morgan fingerprint density at radius 2 is 2.00 bits per heavy atom. The maximum absolute atomic E-state index is 12.7. The molecular formula is C20H19N3O5S2. The molecular weight excluding hydrogens is 426 g/mol. The van der Waals surface area contributed by atoms with E-state index in [-0.39, 0.29) is 17.0 Å². The van der Waals surface area contributed by atoms with Crippen molar-refractivity contribution in [3.63, 3.8) is 0 Å². The fraction of sp³-hybridized carbons (Fsp3) is 0.250. The molecule has 8 nitrogen and oxygen atoms in total.